The number of ether oxygens (including phenoxy) is 2. The summed E-state index contributed by atoms with van der Waals surface area (Å²) in [6.07, 6.45) is 21.4. The summed E-state index contributed by atoms with van der Waals surface area (Å²) in [5, 5.41) is 25.4. The summed E-state index contributed by atoms with van der Waals surface area (Å²) in [6, 6.07) is 0. The highest BCUT2D eigenvalue weighted by atomic mass is 16.5. The summed E-state index contributed by atoms with van der Waals surface area (Å²) in [6.45, 7) is 15.1. The number of carbonyl (C=O) groups excluding carboxylic acids is 2. The summed E-state index contributed by atoms with van der Waals surface area (Å²) < 4.78 is 11.5. The molecule has 0 bridgehead atoms. The van der Waals surface area contributed by atoms with Crippen LogP contribution in [0.5, 0.6) is 0 Å². The lowest BCUT2D eigenvalue weighted by atomic mass is 9.45. The smallest absolute Gasteiger partial charge is 0.302 e. The number of allylic oxidation sites excluding steroid dienone is 4. The van der Waals surface area contributed by atoms with Crippen LogP contribution in [0, 0.1) is 63.1 Å². The third-order valence-electron chi connectivity index (χ3n) is 17.0. The van der Waals surface area contributed by atoms with Crippen LogP contribution in [0.3, 0.4) is 0 Å². The van der Waals surface area contributed by atoms with Crippen LogP contribution in [0.1, 0.15) is 145 Å². The van der Waals surface area contributed by atoms with E-state index in [9.17, 15) is 14.8 Å². The predicted molar refractivity (Wildman–Crippen MR) is 198 cm³/mol. The lowest BCUT2D eigenvalue weighted by molar-refractivity contribution is -0.158. The molecule has 0 heterocycles. The second-order valence-electron chi connectivity index (χ2n) is 19.2. The summed E-state index contributed by atoms with van der Waals surface area (Å²) in [4.78, 5) is 23.1. The molecular weight excluding hydrogens is 640 g/mol. The average molecular weight is 705 g/mol. The first-order valence-electron chi connectivity index (χ1n) is 20.4. The molecule has 0 aromatic rings. The second-order valence-corrected chi connectivity index (χ2v) is 19.2. The van der Waals surface area contributed by atoms with Gasteiger partial charge in [-0.2, -0.15) is 0 Å². The molecular formula is C43H64N2O6. The maximum absolute atomic E-state index is 11.6. The van der Waals surface area contributed by atoms with Crippen LogP contribution >= 0.6 is 0 Å². The Balaban J connectivity index is 0.000000159. The highest BCUT2D eigenvalue weighted by Crippen LogP contribution is 2.68. The molecule has 8 rings (SSSR count). The standard InChI is InChI=1S/C22H33NO3.C21H31NO3/c1-13-11-16-17-5-6-20(26-14(2)24)22(17,4)10-8-18(16)21(3)9-7-15(23-25)12-19(13)21;1-13(23)25-19-7-6-17-16-5-4-14-12-15(22-24)8-10-20(14,2)18(16)9-11-21(17,19)3/h12-13,16-18,20,25H,5-11H2,1-4H3;12,16-19,24H,4-11H2,1-3H3/b23-15+;22-15+/t13?,16-,17-,18-,20?,21+,22-;16-,17-,18-,19?,20-,21-/m00/s1. The van der Waals surface area contributed by atoms with Gasteiger partial charge in [0.05, 0.1) is 11.4 Å². The number of hydrogen-bond acceptors (Lipinski definition) is 8. The molecule has 8 aliphatic carbocycles. The maximum Gasteiger partial charge on any atom is 0.302 e. The third kappa shape index (κ3) is 5.91. The van der Waals surface area contributed by atoms with Gasteiger partial charge in [0.15, 0.2) is 0 Å². The number of oxime groups is 2. The van der Waals surface area contributed by atoms with Gasteiger partial charge < -0.3 is 19.9 Å². The molecule has 8 heteroatoms. The van der Waals surface area contributed by atoms with Gasteiger partial charge in [0.1, 0.15) is 12.2 Å². The minimum Gasteiger partial charge on any atom is -0.462 e. The lowest BCUT2D eigenvalue weighted by Crippen LogP contribution is -2.53. The van der Waals surface area contributed by atoms with E-state index in [2.05, 4.69) is 57.1 Å². The molecule has 3 unspecified atom stereocenters. The third-order valence-corrected chi connectivity index (χ3v) is 17.0. The zero-order chi connectivity index (χ0) is 36.5. The van der Waals surface area contributed by atoms with Crippen molar-refractivity contribution < 1.29 is 29.5 Å². The van der Waals surface area contributed by atoms with Crippen LogP contribution < -0.4 is 0 Å². The molecule has 0 saturated heterocycles. The molecule has 0 spiro atoms. The van der Waals surface area contributed by atoms with Crippen molar-refractivity contribution in [1.82, 2.24) is 0 Å². The van der Waals surface area contributed by atoms with E-state index in [1.54, 1.807) is 13.8 Å². The summed E-state index contributed by atoms with van der Waals surface area (Å²) in [5.41, 5.74) is 5.52. The van der Waals surface area contributed by atoms with E-state index in [1.165, 1.54) is 56.1 Å². The van der Waals surface area contributed by atoms with Crippen molar-refractivity contribution in [3.05, 3.63) is 23.3 Å². The molecule has 0 aliphatic heterocycles. The highest BCUT2D eigenvalue weighted by molar-refractivity contribution is 5.96. The molecule has 2 N–H and O–H groups in total. The predicted octanol–water partition coefficient (Wildman–Crippen LogP) is 9.67. The Hall–Kier alpha value is -2.64. The Bertz CT molecular complexity index is 1530. The van der Waals surface area contributed by atoms with Gasteiger partial charge in [-0.25, -0.2) is 0 Å². The average Bonchev–Trinajstić information content (AvgIpc) is 3.59. The largest absolute Gasteiger partial charge is 0.462 e. The van der Waals surface area contributed by atoms with Crippen LogP contribution in [-0.2, 0) is 19.1 Å². The minimum absolute atomic E-state index is 0.102. The first-order chi connectivity index (χ1) is 24.2. The van der Waals surface area contributed by atoms with Crippen molar-refractivity contribution in [2.75, 3.05) is 0 Å². The Labute approximate surface area is 305 Å². The van der Waals surface area contributed by atoms with E-state index in [0.717, 1.165) is 80.5 Å². The Kier molecular flexibility index (Phi) is 9.60. The van der Waals surface area contributed by atoms with Gasteiger partial charge in [-0.1, -0.05) is 56.1 Å². The van der Waals surface area contributed by atoms with Crippen molar-refractivity contribution in [3.8, 4) is 0 Å². The van der Waals surface area contributed by atoms with Crippen molar-refractivity contribution in [2.45, 2.75) is 157 Å². The van der Waals surface area contributed by atoms with Crippen LogP contribution in [0.2, 0.25) is 0 Å². The van der Waals surface area contributed by atoms with Gasteiger partial charge in [0.2, 0.25) is 0 Å². The molecule has 0 radical (unpaired) electrons. The monoisotopic (exact) mass is 704 g/mol. The lowest BCUT2D eigenvalue weighted by Gasteiger charge is -2.59. The van der Waals surface area contributed by atoms with Gasteiger partial charge in [-0.3, -0.25) is 9.59 Å². The fourth-order valence-electron chi connectivity index (χ4n) is 14.4. The highest BCUT2D eigenvalue weighted by Gasteiger charge is 2.62. The quantitative estimate of drug-likeness (QED) is 0.168. The minimum atomic E-state index is -0.128. The van der Waals surface area contributed by atoms with Crippen LogP contribution in [-0.4, -0.2) is 46.0 Å². The van der Waals surface area contributed by atoms with Crippen molar-refractivity contribution >= 4 is 23.4 Å². The van der Waals surface area contributed by atoms with Crippen molar-refractivity contribution in [1.29, 1.82) is 0 Å². The molecule has 51 heavy (non-hydrogen) atoms. The van der Waals surface area contributed by atoms with Gasteiger partial charge in [0.25, 0.3) is 0 Å². The summed E-state index contributed by atoms with van der Waals surface area (Å²) in [5.74, 6) is 4.53. The second kappa shape index (κ2) is 13.3. The van der Waals surface area contributed by atoms with E-state index in [0.29, 0.717) is 23.7 Å². The Morgan fingerprint density at radius 1 is 0.647 bits per heavy atom. The molecule has 0 aromatic heterocycles. The van der Waals surface area contributed by atoms with E-state index < -0.39 is 0 Å². The van der Waals surface area contributed by atoms with Gasteiger partial charge in [-0.05, 0) is 161 Å². The van der Waals surface area contributed by atoms with E-state index >= 15 is 0 Å². The normalized spacial score (nSPS) is 48.3. The topological polar surface area (TPSA) is 118 Å². The molecule has 8 nitrogen and oxygen atoms in total. The van der Waals surface area contributed by atoms with Crippen LogP contribution in [0.15, 0.2) is 33.6 Å². The van der Waals surface area contributed by atoms with E-state index in [-0.39, 0.29) is 45.8 Å². The molecule has 0 amide bonds. The number of carbonyl (C=O) groups is 2. The fraction of sp³-hybridized carbons (Fsp3) is 0.814. The number of nitrogens with zero attached hydrogens (tertiary/aromatic N) is 2. The van der Waals surface area contributed by atoms with Gasteiger partial charge in [-0.15, -0.1) is 0 Å². The molecule has 13 atom stereocenters. The number of esters is 2. The first kappa shape index (κ1) is 36.7. The zero-order valence-corrected chi connectivity index (χ0v) is 32.4. The van der Waals surface area contributed by atoms with E-state index in [1.807, 2.05) is 0 Å². The molecule has 6 saturated carbocycles. The fourth-order valence-corrected chi connectivity index (χ4v) is 14.4. The van der Waals surface area contributed by atoms with E-state index in [4.69, 9.17) is 14.7 Å². The molecule has 6 fully saturated rings. The number of fused-ring (bicyclic) bond motifs is 10. The maximum atomic E-state index is 11.6. The van der Waals surface area contributed by atoms with Crippen LogP contribution in [0.4, 0.5) is 0 Å². The Morgan fingerprint density at radius 3 is 1.71 bits per heavy atom. The van der Waals surface area contributed by atoms with Gasteiger partial charge in [0, 0.05) is 24.7 Å². The summed E-state index contributed by atoms with van der Waals surface area (Å²) in [7, 11) is 0. The Morgan fingerprint density at radius 2 is 1.16 bits per heavy atom. The first-order valence-corrected chi connectivity index (χ1v) is 20.4. The molecule has 0 aromatic carbocycles. The zero-order valence-electron chi connectivity index (χ0n) is 32.4. The number of rotatable bonds is 2. The SMILES string of the molecule is CC(=O)OC1CC[C@H]2[C@@H]3CC(C)C4=C/C(=N/O)CC[C@]4(C)[C@H]3CC[C@]12C.CC(=O)OC1CC[C@H]2[C@@H]3CCC4=C/C(=N/O)CC[C@]4(C)[C@H]3CC[C@]12C. The van der Waals surface area contributed by atoms with Crippen molar-refractivity contribution in [2.24, 2.45) is 73.4 Å². The van der Waals surface area contributed by atoms with Crippen LogP contribution in [0.25, 0.3) is 0 Å². The number of hydrogen-bond donors (Lipinski definition) is 2. The molecule has 8 aliphatic rings. The van der Waals surface area contributed by atoms with Gasteiger partial charge >= 0.3 is 11.9 Å². The molecule has 282 valence electrons. The summed E-state index contributed by atoms with van der Waals surface area (Å²) >= 11 is 0. The van der Waals surface area contributed by atoms with Crippen molar-refractivity contribution in [3.63, 3.8) is 0 Å².